The first kappa shape index (κ1) is 17.7. The van der Waals surface area contributed by atoms with E-state index in [2.05, 4.69) is 93.3 Å². The molecule has 0 N–H and O–H groups in total. The van der Waals surface area contributed by atoms with Crippen molar-refractivity contribution >= 4 is 37.7 Å². The van der Waals surface area contributed by atoms with E-state index in [0.717, 1.165) is 0 Å². The first-order valence-electron chi connectivity index (χ1n) is 11.8. The predicted octanol–water partition coefficient (Wildman–Crippen LogP) is 8.76. The third-order valence-corrected chi connectivity index (χ3v) is 9.00. The van der Waals surface area contributed by atoms with Crippen molar-refractivity contribution in [3.63, 3.8) is 0 Å². The highest BCUT2D eigenvalue weighted by Gasteiger charge is 2.47. The van der Waals surface area contributed by atoms with Crippen LogP contribution in [0.4, 0.5) is 0 Å². The summed E-state index contributed by atoms with van der Waals surface area (Å²) in [5, 5.41) is 2.68. The summed E-state index contributed by atoms with van der Waals surface area (Å²) in [5.41, 5.74) is 13.0. The molecule has 1 spiro atoms. The van der Waals surface area contributed by atoms with E-state index in [1.165, 1.54) is 86.3 Å². The Morgan fingerprint density at radius 3 is 2.41 bits per heavy atom. The molecule has 1 nitrogen and oxygen atoms in total. The van der Waals surface area contributed by atoms with Crippen LogP contribution in [-0.2, 0) is 5.41 Å². The van der Waals surface area contributed by atoms with Crippen molar-refractivity contribution < 1.29 is 0 Å². The lowest BCUT2D eigenvalue weighted by Gasteiger charge is -2.36. The number of fused-ring (bicyclic) bond motifs is 8. The topological polar surface area (TPSA) is 4.93 Å². The summed E-state index contributed by atoms with van der Waals surface area (Å²) in [4.78, 5) is 0. The quantitative estimate of drug-likeness (QED) is 0.207. The van der Waals surface area contributed by atoms with E-state index in [4.69, 9.17) is 0 Å². The van der Waals surface area contributed by atoms with Gasteiger partial charge in [0.25, 0.3) is 0 Å². The molecule has 0 radical (unpaired) electrons. The zero-order valence-electron chi connectivity index (χ0n) is 17.8. The van der Waals surface area contributed by atoms with E-state index in [1.54, 1.807) is 11.1 Å². The summed E-state index contributed by atoms with van der Waals surface area (Å²) >= 11 is 4.05. The number of rotatable bonds is 0. The molecule has 0 amide bonds. The molecule has 0 saturated heterocycles. The zero-order valence-corrected chi connectivity index (χ0v) is 19.4. The second-order valence-corrected chi connectivity index (χ2v) is 10.6. The molecule has 3 aliphatic rings. The molecule has 1 aliphatic heterocycles. The van der Waals surface area contributed by atoms with Crippen LogP contribution in [0.3, 0.4) is 0 Å². The van der Waals surface area contributed by atoms with Crippen LogP contribution in [0.5, 0.6) is 0 Å². The van der Waals surface area contributed by atoms with Crippen molar-refractivity contribution in [1.29, 1.82) is 0 Å². The molecule has 32 heavy (non-hydrogen) atoms. The summed E-state index contributed by atoms with van der Waals surface area (Å²) in [6.07, 6.45) is 6.52. The Bertz CT molecular complexity index is 1610. The largest absolute Gasteiger partial charge is 0.308 e. The molecule has 0 bridgehead atoms. The average Bonchev–Trinajstić information content (AvgIpc) is 3.27. The lowest BCUT2D eigenvalue weighted by atomic mass is 9.67. The Hall–Kier alpha value is -2.84. The third kappa shape index (κ3) is 1.89. The van der Waals surface area contributed by atoms with E-state index < -0.39 is 0 Å². The van der Waals surface area contributed by atoms with Crippen LogP contribution in [0.15, 0.2) is 77.3 Å². The minimum Gasteiger partial charge on any atom is -0.308 e. The van der Waals surface area contributed by atoms with Crippen molar-refractivity contribution in [2.45, 2.75) is 37.5 Å². The van der Waals surface area contributed by atoms with Crippen LogP contribution in [0.25, 0.3) is 49.7 Å². The molecular formula is C30H22BrN. The molecule has 4 aromatic carbocycles. The Labute approximate surface area is 195 Å². The molecule has 2 heteroatoms. The lowest BCUT2D eigenvalue weighted by Crippen LogP contribution is -2.28. The standard InChI is InChI=1S/C30H22BrN/c31-23-17-22-28-26-19(11-8-12-21(26)30(22)15-6-1-7-16-30)18-9-2-4-13-24(18)32-25-14-5-3-10-20(25)27(23)29(28)32/h2-5,8-14,17H,1,6-7,15-16H2. The van der Waals surface area contributed by atoms with Crippen molar-refractivity contribution in [2.75, 3.05) is 0 Å². The van der Waals surface area contributed by atoms with Crippen LogP contribution in [0.1, 0.15) is 43.2 Å². The lowest BCUT2D eigenvalue weighted by molar-refractivity contribution is 0.353. The molecule has 1 aromatic heterocycles. The molecule has 2 heterocycles. The van der Waals surface area contributed by atoms with Gasteiger partial charge in [-0.1, -0.05) is 89.8 Å². The number of halogens is 1. The van der Waals surface area contributed by atoms with Gasteiger partial charge in [-0.3, -0.25) is 0 Å². The summed E-state index contributed by atoms with van der Waals surface area (Å²) in [6.45, 7) is 0. The van der Waals surface area contributed by atoms with Crippen LogP contribution in [-0.4, -0.2) is 4.57 Å². The summed E-state index contributed by atoms with van der Waals surface area (Å²) in [7, 11) is 0. The van der Waals surface area contributed by atoms with E-state index >= 15 is 0 Å². The van der Waals surface area contributed by atoms with Gasteiger partial charge in [-0.25, -0.2) is 0 Å². The zero-order chi connectivity index (χ0) is 21.0. The molecule has 0 atom stereocenters. The first-order chi connectivity index (χ1) is 15.8. The molecule has 8 rings (SSSR count). The van der Waals surface area contributed by atoms with Crippen LogP contribution >= 0.6 is 15.9 Å². The van der Waals surface area contributed by atoms with Gasteiger partial charge in [0.05, 0.1) is 16.7 Å². The smallest absolute Gasteiger partial charge is 0.0634 e. The van der Waals surface area contributed by atoms with Gasteiger partial charge >= 0.3 is 0 Å². The van der Waals surface area contributed by atoms with Gasteiger partial charge in [0.2, 0.25) is 0 Å². The van der Waals surface area contributed by atoms with Gasteiger partial charge in [-0.15, -0.1) is 0 Å². The second kappa shape index (κ2) is 5.94. The average molecular weight is 476 g/mol. The molecule has 154 valence electrons. The number of para-hydroxylation sites is 2. The highest BCUT2D eigenvalue weighted by molar-refractivity contribution is 9.10. The summed E-state index contributed by atoms with van der Waals surface area (Å²) in [5.74, 6) is 0. The summed E-state index contributed by atoms with van der Waals surface area (Å²) in [6, 6.07) is 27.5. The van der Waals surface area contributed by atoms with Gasteiger partial charge < -0.3 is 4.57 Å². The van der Waals surface area contributed by atoms with Crippen molar-refractivity contribution in [1.82, 2.24) is 4.57 Å². The van der Waals surface area contributed by atoms with Crippen molar-refractivity contribution in [3.05, 3.63) is 88.4 Å². The maximum absolute atomic E-state index is 4.05. The van der Waals surface area contributed by atoms with E-state index in [1.807, 2.05) is 0 Å². The maximum atomic E-state index is 4.05. The van der Waals surface area contributed by atoms with Gasteiger partial charge in [0.15, 0.2) is 0 Å². The third-order valence-electron chi connectivity index (χ3n) is 8.38. The minimum absolute atomic E-state index is 0.156. The SMILES string of the molecule is Brc1cc2c3c4c1c1ccccc1n4-c1ccccc1-c1cccc(c1-3)C21CCCCC1. The molecule has 5 aromatic rings. The molecule has 1 saturated carbocycles. The van der Waals surface area contributed by atoms with Gasteiger partial charge in [0.1, 0.15) is 0 Å². The Kier molecular flexibility index (Phi) is 3.28. The fourth-order valence-corrected chi connectivity index (χ4v) is 7.81. The predicted molar refractivity (Wildman–Crippen MR) is 137 cm³/mol. The highest BCUT2D eigenvalue weighted by atomic mass is 79.9. The van der Waals surface area contributed by atoms with Crippen LogP contribution in [0.2, 0.25) is 0 Å². The molecule has 0 unspecified atom stereocenters. The normalized spacial score (nSPS) is 17.2. The van der Waals surface area contributed by atoms with Crippen molar-refractivity contribution in [2.24, 2.45) is 0 Å². The Morgan fingerprint density at radius 1 is 0.719 bits per heavy atom. The van der Waals surface area contributed by atoms with E-state index in [0.29, 0.717) is 0 Å². The van der Waals surface area contributed by atoms with Gasteiger partial charge in [-0.05, 0) is 53.3 Å². The van der Waals surface area contributed by atoms with E-state index in [9.17, 15) is 0 Å². The van der Waals surface area contributed by atoms with Crippen molar-refractivity contribution in [3.8, 4) is 27.9 Å². The second-order valence-electron chi connectivity index (χ2n) is 9.75. The Balaban J connectivity index is 1.71. The molecule has 2 aliphatic carbocycles. The number of aromatic nitrogens is 1. The van der Waals surface area contributed by atoms with Crippen LogP contribution in [0, 0.1) is 0 Å². The minimum atomic E-state index is 0.156. The van der Waals surface area contributed by atoms with E-state index in [-0.39, 0.29) is 5.41 Å². The number of hydrogen-bond acceptors (Lipinski definition) is 0. The molecular weight excluding hydrogens is 454 g/mol. The van der Waals surface area contributed by atoms with Crippen LogP contribution < -0.4 is 0 Å². The monoisotopic (exact) mass is 475 g/mol. The van der Waals surface area contributed by atoms with Gasteiger partial charge in [-0.2, -0.15) is 0 Å². The maximum Gasteiger partial charge on any atom is 0.0634 e. The highest BCUT2D eigenvalue weighted by Crippen LogP contribution is 2.62. The van der Waals surface area contributed by atoms with Gasteiger partial charge in [0, 0.05) is 31.8 Å². The summed E-state index contributed by atoms with van der Waals surface area (Å²) < 4.78 is 3.79. The fraction of sp³-hybridized carbons (Fsp3) is 0.200. The number of hydrogen-bond donors (Lipinski definition) is 0. The number of benzene rings is 4. The molecule has 1 fully saturated rings. The fourth-order valence-electron chi connectivity index (χ4n) is 7.18. The first-order valence-corrected chi connectivity index (χ1v) is 12.6. The number of nitrogens with zero attached hydrogens (tertiary/aromatic N) is 1. The Morgan fingerprint density at radius 2 is 1.50 bits per heavy atom.